The quantitative estimate of drug-likeness (QED) is 0.868. The van der Waals surface area contributed by atoms with Crippen LogP contribution in [0.3, 0.4) is 0 Å². The van der Waals surface area contributed by atoms with Crippen LogP contribution in [0, 0.1) is 5.82 Å². The fourth-order valence-electron chi connectivity index (χ4n) is 1.88. The third kappa shape index (κ3) is 2.04. The Morgan fingerprint density at radius 1 is 1.33 bits per heavy atom. The highest BCUT2D eigenvalue weighted by Gasteiger charge is 2.33. The highest BCUT2D eigenvalue weighted by Crippen LogP contribution is 2.34. The van der Waals surface area contributed by atoms with Crippen LogP contribution < -0.4 is 5.73 Å². The second-order valence-corrected chi connectivity index (χ2v) is 4.04. The number of rotatable bonds is 3. The Morgan fingerprint density at radius 3 is 2.67 bits per heavy atom. The van der Waals surface area contributed by atoms with Crippen LogP contribution in [-0.2, 0) is 5.60 Å². The van der Waals surface area contributed by atoms with Gasteiger partial charge >= 0.3 is 0 Å². The lowest BCUT2D eigenvalue weighted by molar-refractivity contribution is 0.0722. The van der Waals surface area contributed by atoms with E-state index in [1.807, 2.05) is 0 Å². The van der Waals surface area contributed by atoms with Crippen molar-refractivity contribution in [3.8, 4) is 0 Å². The minimum absolute atomic E-state index is 0.353. The third-order valence-corrected chi connectivity index (χ3v) is 2.96. The summed E-state index contributed by atoms with van der Waals surface area (Å²) in [5.41, 5.74) is 5.75. The van der Waals surface area contributed by atoms with E-state index in [2.05, 4.69) is 9.97 Å². The van der Waals surface area contributed by atoms with Gasteiger partial charge in [-0.1, -0.05) is 6.92 Å². The normalized spacial score (nSPS) is 14.2. The fourth-order valence-corrected chi connectivity index (χ4v) is 1.88. The van der Waals surface area contributed by atoms with E-state index in [1.54, 1.807) is 19.2 Å². The molecule has 1 unspecified atom stereocenters. The molecule has 2 aromatic rings. The summed E-state index contributed by atoms with van der Waals surface area (Å²) in [6.07, 6.45) is 4.49. The van der Waals surface area contributed by atoms with E-state index in [4.69, 9.17) is 5.73 Å². The summed E-state index contributed by atoms with van der Waals surface area (Å²) in [5.74, 6) is -0.448. The Morgan fingerprint density at radius 2 is 2.11 bits per heavy atom. The van der Waals surface area contributed by atoms with Gasteiger partial charge in [0.1, 0.15) is 11.4 Å². The summed E-state index contributed by atoms with van der Waals surface area (Å²) in [5, 5.41) is 10.7. The van der Waals surface area contributed by atoms with Gasteiger partial charge in [-0.25, -0.2) is 4.39 Å². The van der Waals surface area contributed by atoms with E-state index in [1.165, 1.54) is 18.3 Å². The molecule has 4 nitrogen and oxygen atoms in total. The molecular weight excluding hydrogens is 233 g/mol. The molecule has 2 aromatic heterocycles. The Hall–Kier alpha value is -2.01. The van der Waals surface area contributed by atoms with Crippen molar-refractivity contribution in [1.82, 2.24) is 9.97 Å². The molecule has 94 valence electrons. The molecule has 0 aliphatic rings. The maximum absolute atomic E-state index is 12.9. The highest BCUT2D eigenvalue weighted by molar-refractivity contribution is 5.50. The van der Waals surface area contributed by atoms with E-state index in [-0.39, 0.29) is 0 Å². The maximum Gasteiger partial charge on any atom is 0.141 e. The average molecular weight is 247 g/mol. The Balaban J connectivity index is 2.55. The van der Waals surface area contributed by atoms with Gasteiger partial charge in [0.15, 0.2) is 0 Å². The Bertz CT molecular complexity index is 544. The van der Waals surface area contributed by atoms with E-state index >= 15 is 0 Å². The van der Waals surface area contributed by atoms with Crippen molar-refractivity contribution in [2.75, 3.05) is 5.73 Å². The second-order valence-electron chi connectivity index (χ2n) is 4.04. The molecule has 18 heavy (non-hydrogen) atoms. The lowest BCUT2D eigenvalue weighted by Gasteiger charge is -2.27. The fraction of sp³-hybridized carbons (Fsp3) is 0.231. The zero-order chi connectivity index (χ0) is 13.2. The zero-order valence-electron chi connectivity index (χ0n) is 9.97. The van der Waals surface area contributed by atoms with Gasteiger partial charge in [-0.05, 0) is 24.6 Å². The lowest BCUT2D eigenvalue weighted by atomic mass is 9.87. The summed E-state index contributed by atoms with van der Waals surface area (Å²) in [6.45, 7) is 1.80. The van der Waals surface area contributed by atoms with Gasteiger partial charge in [0.25, 0.3) is 0 Å². The molecule has 0 fully saturated rings. The average Bonchev–Trinajstić information content (AvgIpc) is 2.39. The number of hydrogen-bond acceptors (Lipinski definition) is 4. The molecule has 0 bridgehead atoms. The molecule has 2 rings (SSSR count). The van der Waals surface area contributed by atoms with Crippen molar-refractivity contribution in [3.63, 3.8) is 0 Å². The smallest absolute Gasteiger partial charge is 0.141 e. The molecule has 0 aliphatic heterocycles. The van der Waals surface area contributed by atoms with Crippen molar-refractivity contribution in [1.29, 1.82) is 0 Å². The monoisotopic (exact) mass is 247 g/mol. The van der Waals surface area contributed by atoms with E-state index in [0.717, 1.165) is 6.20 Å². The Kier molecular flexibility index (Phi) is 3.25. The lowest BCUT2D eigenvalue weighted by Crippen LogP contribution is -2.29. The predicted molar refractivity (Wildman–Crippen MR) is 66.1 cm³/mol. The molecular formula is C13H14FN3O. The minimum Gasteiger partial charge on any atom is -0.398 e. The molecule has 3 N–H and O–H groups in total. The highest BCUT2D eigenvalue weighted by atomic mass is 19.1. The van der Waals surface area contributed by atoms with Crippen molar-refractivity contribution < 1.29 is 9.50 Å². The first-order valence-corrected chi connectivity index (χ1v) is 5.62. The summed E-state index contributed by atoms with van der Waals surface area (Å²) >= 11 is 0. The first kappa shape index (κ1) is 12.4. The number of nitrogen functional groups attached to an aromatic ring is 1. The zero-order valence-corrected chi connectivity index (χ0v) is 9.97. The van der Waals surface area contributed by atoms with Crippen LogP contribution in [0.5, 0.6) is 0 Å². The molecule has 1 atom stereocenters. The maximum atomic E-state index is 12.9. The van der Waals surface area contributed by atoms with Crippen LogP contribution in [-0.4, -0.2) is 15.1 Å². The van der Waals surface area contributed by atoms with Crippen LogP contribution in [0.4, 0.5) is 10.1 Å². The minimum atomic E-state index is -1.36. The largest absolute Gasteiger partial charge is 0.398 e. The van der Waals surface area contributed by atoms with E-state index < -0.39 is 11.4 Å². The van der Waals surface area contributed by atoms with E-state index in [9.17, 15) is 9.50 Å². The second kappa shape index (κ2) is 4.70. The first-order chi connectivity index (χ1) is 8.58. The van der Waals surface area contributed by atoms with Gasteiger partial charge in [-0.15, -0.1) is 0 Å². The summed E-state index contributed by atoms with van der Waals surface area (Å²) in [7, 11) is 0. The van der Waals surface area contributed by atoms with Gasteiger partial charge in [-0.2, -0.15) is 0 Å². The van der Waals surface area contributed by atoms with Gasteiger partial charge in [0.05, 0.1) is 11.9 Å². The number of anilines is 1. The van der Waals surface area contributed by atoms with E-state index in [0.29, 0.717) is 23.4 Å². The van der Waals surface area contributed by atoms with Crippen LogP contribution in [0.1, 0.15) is 24.6 Å². The van der Waals surface area contributed by atoms with Gasteiger partial charge in [-0.3, -0.25) is 9.97 Å². The molecule has 5 heteroatoms. The molecule has 2 heterocycles. The third-order valence-electron chi connectivity index (χ3n) is 2.96. The van der Waals surface area contributed by atoms with Crippen LogP contribution in [0.2, 0.25) is 0 Å². The Labute approximate surface area is 104 Å². The molecule has 0 aliphatic carbocycles. The van der Waals surface area contributed by atoms with Crippen molar-refractivity contribution in [2.45, 2.75) is 18.9 Å². The molecule has 0 aromatic carbocycles. The predicted octanol–water partition coefficient (Wildman–Crippen LogP) is 1.84. The summed E-state index contributed by atoms with van der Waals surface area (Å²) in [6, 6.07) is 4.32. The number of aliphatic hydroxyl groups is 1. The van der Waals surface area contributed by atoms with Gasteiger partial charge in [0.2, 0.25) is 0 Å². The summed E-state index contributed by atoms with van der Waals surface area (Å²) < 4.78 is 12.9. The molecule has 0 radical (unpaired) electrons. The topological polar surface area (TPSA) is 72.0 Å². The molecule has 0 saturated carbocycles. The molecule has 0 amide bonds. The number of hydrogen-bond donors (Lipinski definition) is 2. The number of nitrogens with zero attached hydrogens (tertiary/aromatic N) is 2. The number of pyridine rings is 2. The number of halogens is 1. The van der Waals surface area contributed by atoms with Crippen LogP contribution >= 0.6 is 0 Å². The van der Waals surface area contributed by atoms with Crippen molar-refractivity contribution >= 4 is 5.69 Å². The van der Waals surface area contributed by atoms with Gasteiger partial charge in [0, 0.05) is 23.6 Å². The van der Waals surface area contributed by atoms with Crippen molar-refractivity contribution in [3.05, 3.63) is 53.9 Å². The summed E-state index contributed by atoms with van der Waals surface area (Å²) in [4.78, 5) is 7.89. The number of aromatic nitrogens is 2. The van der Waals surface area contributed by atoms with Crippen LogP contribution in [0.25, 0.3) is 0 Å². The molecule has 0 spiro atoms. The molecule has 0 saturated heterocycles. The van der Waals surface area contributed by atoms with Gasteiger partial charge < -0.3 is 10.8 Å². The first-order valence-electron chi connectivity index (χ1n) is 5.62. The standard InChI is InChI=1S/C13H14FN3O/c1-2-13(18,10-8-16-6-5-11(10)15)12-4-3-9(14)7-17-12/h3-8,18H,2H2,1H3,(H2,15,16). The van der Waals surface area contributed by atoms with Crippen molar-refractivity contribution in [2.24, 2.45) is 0 Å². The van der Waals surface area contributed by atoms with Crippen LogP contribution in [0.15, 0.2) is 36.8 Å². The number of nitrogens with two attached hydrogens (primary N) is 1. The SMILES string of the molecule is CCC(O)(c1ccc(F)cn1)c1cnccc1N.